The Morgan fingerprint density at radius 1 is 1.02 bits per heavy atom. The van der Waals surface area contributed by atoms with Crippen LogP contribution in [0.15, 0.2) is 83.3 Å². The van der Waals surface area contributed by atoms with E-state index in [1.807, 2.05) is 54.6 Å². The van der Waals surface area contributed by atoms with Crippen molar-refractivity contribution in [3.8, 4) is 6.07 Å². The molecule has 0 saturated heterocycles. The molecular weight excluding hydrogens is 564 g/mol. The number of rotatable bonds is 12. The maximum atomic E-state index is 13.7. The van der Waals surface area contributed by atoms with E-state index in [0.717, 1.165) is 11.1 Å². The Morgan fingerprint density at radius 2 is 1.72 bits per heavy atom. The average molecular weight is 601 g/mol. The predicted molar refractivity (Wildman–Crippen MR) is 166 cm³/mol. The number of aliphatic hydroxyl groups is 1. The van der Waals surface area contributed by atoms with Gasteiger partial charge in [-0.1, -0.05) is 60.7 Å². The van der Waals surface area contributed by atoms with Gasteiger partial charge in [0.2, 0.25) is 11.8 Å². The minimum Gasteiger partial charge on any atom is -0.444 e. The van der Waals surface area contributed by atoms with Crippen LogP contribution in [0.25, 0.3) is 11.1 Å². The lowest BCUT2D eigenvalue weighted by Gasteiger charge is -2.27. The molecule has 1 unspecified atom stereocenters. The molecule has 0 spiro atoms. The molecule has 0 saturated carbocycles. The zero-order valence-corrected chi connectivity index (χ0v) is 25.3. The second-order valence-corrected chi connectivity index (χ2v) is 12.1. The first-order valence-corrected chi connectivity index (χ1v) is 15.2. The normalized spacial score (nSPS) is 13.5. The molecule has 3 N–H and O–H groups in total. The number of hydrogen-bond donors (Lipinski definition) is 3. The van der Waals surface area contributed by atoms with Crippen molar-refractivity contribution < 1.29 is 23.8 Å². The van der Waals surface area contributed by atoms with E-state index in [0.29, 0.717) is 35.3 Å². The Kier molecular flexibility index (Phi) is 10.8. The molecule has 0 fully saturated rings. The summed E-state index contributed by atoms with van der Waals surface area (Å²) in [5.41, 5.74) is 2.80. The first-order valence-electron chi connectivity index (χ1n) is 14.1. The molecule has 1 heterocycles. The molecule has 0 aliphatic carbocycles. The van der Waals surface area contributed by atoms with Crippen LogP contribution >= 0.6 is 11.8 Å². The van der Waals surface area contributed by atoms with Gasteiger partial charge in [-0.25, -0.2) is 9.78 Å². The highest BCUT2D eigenvalue weighted by atomic mass is 32.2. The average Bonchev–Trinajstić information content (AvgIpc) is 3.42. The number of carbonyl (C=O) groups is 2. The smallest absolute Gasteiger partial charge is 0.408 e. The van der Waals surface area contributed by atoms with Gasteiger partial charge in [0.25, 0.3) is 0 Å². The van der Waals surface area contributed by atoms with Crippen LogP contribution in [0.2, 0.25) is 0 Å². The lowest BCUT2D eigenvalue weighted by atomic mass is 10.0. The fourth-order valence-corrected chi connectivity index (χ4v) is 5.48. The maximum Gasteiger partial charge on any atom is 0.408 e. The molecule has 0 aliphatic heterocycles. The number of nitrogens with zero attached hydrogens (tertiary/aromatic N) is 2. The van der Waals surface area contributed by atoms with Gasteiger partial charge < -0.3 is 24.9 Å². The summed E-state index contributed by atoms with van der Waals surface area (Å²) < 4.78 is 11.3. The monoisotopic (exact) mass is 600 g/mol. The number of oxazole rings is 1. The number of ether oxygens (including phenoxy) is 1. The SMILES string of the molecule is CC(C)(C)OC(=O)N[C@@H](CSCc1ccccc1C#N)C(=O)N[C@@H](CCc1ccccc1)C(O)c1nc2ccccc2o1. The van der Waals surface area contributed by atoms with Crippen molar-refractivity contribution in [2.45, 2.75) is 63.2 Å². The van der Waals surface area contributed by atoms with Crippen molar-refractivity contribution in [3.05, 3.63) is 101 Å². The summed E-state index contributed by atoms with van der Waals surface area (Å²) >= 11 is 1.40. The number of benzene rings is 3. The quantitative estimate of drug-likeness (QED) is 0.189. The molecule has 1 aromatic heterocycles. The standard InChI is InChI=1S/C33H36N4O5S/c1-33(2,3)42-32(40)37-27(21-43-20-24-14-8-7-13-23(24)19-34)30(39)35-26(18-17-22-11-5-4-6-12-22)29(38)31-36-25-15-9-10-16-28(25)41-31/h4-16,26-27,29,38H,17-18,20-21H2,1-3H3,(H,35,39)(H,37,40)/t26-,27-,29?/m0/s1. The number of alkyl carbamates (subject to hydrolysis) is 1. The van der Waals surface area contributed by atoms with Crippen LogP contribution in [0.5, 0.6) is 0 Å². The Balaban J connectivity index is 1.53. The fourth-order valence-electron chi connectivity index (χ4n) is 4.42. The highest BCUT2D eigenvalue weighted by Crippen LogP contribution is 2.25. The molecule has 0 radical (unpaired) electrons. The number of nitriles is 1. The van der Waals surface area contributed by atoms with E-state index in [2.05, 4.69) is 21.7 Å². The molecule has 10 heteroatoms. The van der Waals surface area contributed by atoms with Gasteiger partial charge in [-0.05, 0) is 62.9 Å². The number of aliphatic hydroxyl groups excluding tert-OH is 1. The van der Waals surface area contributed by atoms with E-state index in [4.69, 9.17) is 9.15 Å². The van der Waals surface area contributed by atoms with Crippen molar-refractivity contribution in [3.63, 3.8) is 0 Å². The van der Waals surface area contributed by atoms with Gasteiger partial charge in [-0.2, -0.15) is 17.0 Å². The number of thioether (sulfide) groups is 1. The summed E-state index contributed by atoms with van der Waals surface area (Å²) in [5, 5.41) is 26.5. The Bertz CT molecular complexity index is 1530. The third-order valence-electron chi connectivity index (χ3n) is 6.55. The number of aromatic nitrogens is 1. The number of aryl methyl sites for hydroxylation is 1. The van der Waals surface area contributed by atoms with Crippen molar-refractivity contribution in [1.29, 1.82) is 5.26 Å². The van der Waals surface area contributed by atoms with E-state index in [-0.39, 0.29) is 11.6 Å². The van der Waals surface area contributed by atoms with Crippen LogP contribution in [-0.4, -0.2) is 45.5 Å². The fraction of sp³-hybridized carbons (Fsp3) is 0.333. The predicted octanol–water partition coefficient (Wildman–Crippen LogP) is 5.68. The molecule has 4 rings (SSSR count). The van der Waals surface area contributed by atoms with Crippen molar-refractivity contribution in [2.24, 2.45) is 0 Å². The lowest BCUT2D eigenvalue weighted by Crippen LogP contribution is -2.53. The van der Waals surface area contributed by atoms with Crippen LogP contribution in [0.3, 0.4) is 0 Å². The van der Waals surface area contributed by atoms with Gasteiger partial charge in [0.1, 0.15) is 17.2 Å². The van der Waals surface area contributed by atoms with Crippen molar-refractivity contribution in [1.82, 2.24) is 15.6 Å². The summed E-state index contributed by atoms with van der Waals surface area (Å²) in [7, 11) is 0. The van der Waals surface area contributed by atoms with Gasteiger partial charge >= 0.3 is 6.09 Å². The van der Waals surface area contributed by atoms with E-state index < -0.39 is 35.8 Å². The first-order chi connectivity index (χ1) is 20.6. The largest absolute Gasteiger partial charge is 0.444 e. The molecular formula is C33H36N4O5S. The first kappa shape index (κ1) is 31.6. The summed E-state index contributed by atoms with van der Waals surface area (Å²) in [5.74, 6) is 0.278. The minimum absolute atomic E-state index is 0.0960. The van der Waals surface area contributed by atoms with Crippen LogP contribution in [-0.2, 0) is 21.7 Å². The van der Waals surface area contributed by atoms with Crippen molar-refractivity contribution in [2.75, 3.05) is 5.75 Å². The molecule has 224 valence electrons. The van der Waals surface area contributed by atoms with Crippen LogP contribution in [0, 0.1) is 11.3 Å². The summed E-state index contributed by atoms with van der Waals surface area (Å²) in [4.78, 5) is 30.9. The van der Waals surface area contributed by atoms with E-state index >= 15 is 0 Å². The van der Waals surface area contributed by atoms with Gasteiger partial charge in [-0.3, -0.25) is 4.79 Å². The van der Waals surface area contributed by atoms with E-state index in [9.17, 15) is 20.0 Å². The Hall–Kier alpha value is -4.33. The molecule has 0 bridgehead atoms. The molecule has 4 aromatic rings. The summed E-state index contributed by atoms with van der Waals surface area (Å²) in [6.45, 7) is 5.22. The molecule has 0 aliphatic rings. The Labute approximate surface area is 255 Å². The minimum atomic E-state index is -1.24. The van der Waals surface area contributed by atoms with Gasteiger partial charge in [0.05, 0.1) is 17.7 Å². The highest BCUT2D eigenvalue weighted by molar-refractivity contribution is 7.98. The molecule has 9 nitrogen and oxygen atoms in total. The Morgan fingerprint density at radius 3 is 2.44 bits per heavy atom. The second-order valence-electron chi connectivity index (χ2n) is 11.1. The third-order valence-corrected chi connectivity index (χ3v) is 7.63. The van der Waals surface area contributed by atoms with Gasteiger partial charge in [-0.15, -0.1) is 0 Å². The van der Waals surface area contributed by atoms with Crippen molar-refractivity contribution >= 4 is 34.9 Å². The van der Waals surface area contributed by atoms with Gasteiger partial charge in [0.15, 0.2) is 11.7 Å². The topological polar surface area (TPSA) is 137 Å². The number of para-hydroxylation sites is 2. The lowest BCUT2D eigenvalue weighted by molar-refractivity contribution is -0.124. The summed E-state index contributed by atoms with van der Waals surface area (Å²) in [6, 6.07) is 24.6. The highest BCUT2D eigenvalue weighted by Gasteiger charge is 2.31. The molecule has 43 heavy (non-hydrogen) atoms. The second kappa shape index (κ2) is 14.7. The molecule has 3 aromatic carbocycles. The number of amides is 2. The molecule has 2 amide bonds. The van der Waals surface area contributed by atoms with E-state index in [1.54, 1.807) is 45.0 Å². The van der Waals surface area contributed by atoms with Crippen LogP contribution < -0.4 is 10.6 Å². The summed E-state index contributed by atoms with van der Waals surface area (Å²) in [6.07, 6.45) is -1.01. The number of fused-ring (bicyclic) bond motifs is 1. The molecule has 3 atom stereocenters. The number of hydrogen-bond acceptors (Lipinski definition) is 8. The number of nitrogens with one attached hydrogen (secondary N) is 2. The van der Waals surface area contributed by atoms with Gasteiger partial charge in [0, 0.05) is 11.5 Å². The van der Waals surface area contributed by atoms with Crippen LogP contribution in [0.1, 0.15) is 55.9 Å². The van der Waals surface area contributed by atoms with Crippen LogP contribution in [0.4, 0.5) is 4.79 Å². The number of carbonyl (C=O) groups excluding carboxylic acids is 2. The van der Waals surface area contributed by atoms with E-state index in [1.165, 1.54) is 11.8 Å². The zero-order valence-electron chi connectivity index (χ0n) is 24.4. The zero-order chi connectivity index (χ0) is 30.8. The third kappa shape index (κ3) is 9.33. The maximum absolute atomic E-state index is 13.7.